The fourth-order valence-electron chi connectivity index (χ4n) is 14.1. The van der Waals surface area contributed by atoms with E-state index in [0.717, 1.165) is 74.0 Å². The molecule has 6 aliphatic carbocycles. The Morgan fingerprint density at radius 3 is 2.19 bits per heavy atom. The predicted molar refractivity (Wildman–Crippen MR) is 246 cm³/mol. The van der Waals surface area contributed by atoms with Crippen LogP contribution in [0.25, 0.3) is 5.69 Å². The van der Waals surface area contributed by atoms with Gasteiger partial charge in [0.1, 0.15) is 12.4 Å². The molecule has 1 aromatic heterocycles. The van der Waals surface area contributed by atoms with Crippen LogP contribution < -0.4 is 10.6 Å². The molecule has 3 N–H and O–H groups in total. The quantitative estimate of drug-likeness (QED) is 0.127. The molecule has 11 atom stereocenters. The van der Waals surface area contributed by atoms with E-state index in [1.807, 2.05) is 50.1 Å². The van der Waals surface area contributed by atoms with E-state index in [1.54, 1.807) is 13.8 Å². The van der Waals surface area contributed by atoms with Crippen LogP contribution in [0.4, 0.5) is 5.69 Å². The van der Waals surface area contributed by atoms with Crippen LogP contribution >= 0.6 is 0 Å². The second-order valence-electron chi connectivity index (χ2n) is 22.1. The van der Waals surface area contributed by atoms with Crippen molar-refractivity contribution in [3.8, 4) is 5.69 Å². The fraction of sp³-hybridized carbons (Fsp3) is 0.692. The molecule has 0 bridgehead atoms. The topological polar surface area (TPSA) is 157 Å². The third-order valence-electron chi connectivity index (χ3n) is 17.6. The van der Waals surface area contributed by atoms with E-state index in [4.69, 9.17) is 4.74 Å². The number of esters is 1. The number of hydrogen-bond acceptors (Lipinski definition) is 8. The summed E-state index contributed by atoms with van der Waals surface area (Å²) in [5.41, 5.74) is 3.46. The van der Waals surface area contributed by atoms with E-state index in [-0.39, 0.29) is 71.1 Å². The molecular formula is C52H76N4O7. The van der Waals surface area contributed by atoms with Gasteiger partial charge in [-0.05, 0) is 160 Å². The zero-order valence-electron chi connectivity index (χ0n) is 39.1. The van der Waals surface area contributed by atoms with Crippen molar-refractivity contribution >= 4 is 35.6 Å². The highest BCUT2D eigenvalue weighted by molar-refractivity contribution is 6.03. The number of imidazole rings is 1. The zero-order valence-corrected chi connectivity index (χ0v) is 39.1. The number of carbonyl (C=O) groups is 5. The number of hydrogen-bond donors (Lipinski definition) is 3. The number of carbonyl (C=O) groups excluding carboxylic acids is 4. The van der Waals surface area contributed by atoms with E-state index >= 15 is 0 Å². The van der Waals surface area contributed by atoms with Gasteiger partial charge >= 0.3 is 11.9 Å². The molecule has 11 unspecified atom stereocenters. The Kier molecular flexibility index (Phi) is 13.2. The highest BCUT2D eigenvalue weighted by Crippen LogP contribution is 2.72. The van der Waals surface area contributed by atoms with Gasteiger partial charge in [-0.15, -0.1) is 0 Å². The SMILES string of the molecule is C.CC(C)C1=C2C3CCC4C(C)(CCC5C(C)(C)C(OC(=O)C6CC(C(=O)O)C6C)CCC54C)C3CCC2(NC(=O)C(C)(C)C=O)CC1=O.CNc1ccc(-n2cnc(C)c2)cc1. The number of nitrogens with zero attached hydrogens (tertiary/aromatic N) is 2. The lowest BCUT2D eigenvalue weighted by molar-refractivity contribution is -0.216. The molecular weight excluding hydrogens is 793 g/mol. The minimum Gasteiger partial charge on any atom is -0.481 e. The first-order valence-electron chi connectivity index (χ1n) is 23.3. The molecule has 8 rings (SSSR count). The number of aryl methyl sites for hydroxylation is 1. The average Bonchev–Trinajstić information content (AvgIpc) is 3.78. The highest BCUT2D eigenvalue weighted by atomic mass is 16.5. The summed E-state index contributed by atoms with van der Waals surface area (Å²) in [5, 5.41) is 15.8. The van der Waals surface area contributed by atoms with Crippen LogP contribution in [0.5, 0.6) is 0 Å². The fourth-order valence-corrected chi connectivity index (χ4v) is 14.1. The van der Waals surface area contributed by atoms with E-state index < -0.39 is 22.8 Å². The summed E-state index contributed by atoms with van der Waals surface area (Å²) in [6, 6.07) is 8.22. The number of carboxylic acids is 1. The first kappa shape index (κ1) is 48.2. The largest absolute Gasteiger partial charge is 0.481 e. The van der Waals surface area contributed by atoms with Gasteiger partial charge in [0.2, 0.25) is 5.91 Å². The van der Waals surface area contributed by atoms with Gasteiger partial charge in [-0.3, -0.25) is 19.2 Å². The molecule has 5 saturated carbocycles. The van der Waals surface area contributed by atoms with Gasteiger partial charge in [0, 0.05) is 36.5 Å². The first-order valence-corrected chi connectivity index (χ1v) is 23.3. The van der Waals surface area contributed by atoms with E-state index in [2.05, 4.69) is 69.3 Å². The Balaban J connectivity index is 0.000000373. The van der Waals surface area contributed by atoms with Crippen LogP contribution in [-0.2, 0) is 28.7 Å². The molecule has 1 amide bonds. The number of ketones is 1. The molecule has 1 heterocycles. The van der Waals surface area contributed by atoms with Crippen LogP contribution in [0.15, 0.2) is 47.9 Å². The monoisotopic (exact) mass is 869 g/mol. The Labute approximate surface area is 376 Å². The number of aromatic nitrogens is 2. The maximum atomic E-state index is 13.7. The zero-order chi connectivity index (χ0) is 45.3. The summed E-state index contributed by atoms with van der Waals surface area (Å²) in [4.78, 5) is 68.0. The van der Waals surface area contributed by atoms with E-state index in [9.17, 15) is 29.1 Å². The van der Waals surface area contributed by atoms with Crippen molar-refractivity contribution < 1.29 is 33.8 Å². The van der Waals surface area contributed by atoms with Gasteiger partial charge in [0.25, 0.3) is 0 Å². The smallest absolute Gasteiger partial charge is 0.309 e. The van der Waals surface area contributed by atoms with Crippen LogP contribution in [0.1, 0.15) is 140 Å². The molecule has 6 aliphatic rings. The van der Waals surface area contributed by atoms with Gasteiger partial charge in [-0.25, -0.2) is 4.98 Å². The van der Waals surface area contributed by atoms with Crippen LogP contribution in [0.2, 0.25) is 0 Å². The molecule has 11 heteroatoms. The van der Waals surface area contributed by atoms with Gasteiger partial charge < -0.3 is 29.8 Å². The molecule has 0 radical (unpaired) electrons. The van der Waals surface area contributed by atoms with E-state index in [1.165, 1.54) is 5.57 Å². The van der Waals surface area contributed by atoms with Crippen molar-refractivity contribution in [1.82, 2.24) is 14.9 Å². The minimum absolute atomic E-state index is 0. The standard InChI is InChI=1S/C40H59NO7.C11H13N3.CH4/c1-21(2)31-27(43)19-40(41-35(47)36(4,5)20-42)17-12-26-23(32(31)40)10-11-29-38(26,8)15-13-28-37(6,7)30(14-16-39(28,29)9)48-34(46)25-18-24(22(25)3)33(44)45;1-9-7-14(8-13-9)11-5-3-10(12-2)4-6-11;/h20-26,28-30H,10-19H2,1-9H3,(H,41,47)(H,44,45);3-8,12H,1-2H3;1H4. The summed E-state index contributed by atoms with van der Waals surface area (Å²) < 4.78 is 8.30. The summed E-state index contributed by atoms with van der Waals surface area (Å²) in [7, 11) is 1.91. The molecule has 5 fully saturated rings. The van der Waals surface area contributed by atoms with Crippen molar-refractivity contribution in [1.29, 1.82) is 0 Å². The maximum absolute atomic E-state index is 13.7. The highest BCUT2D eigenvalue weighted by Gasteiger charge is 2.67. The van der Waals surface area contributed by atoms with Crippen molar-refractivity contribution in [3.05, 3.63) is 53.6 Å². The second-order valence-corrected chi connectivity index (χ2v) is 22.1. The average molecular weight is 869 g/mol. The van der Waals surface area contributed by atoms with E-state index in [0.29, 0.717) is 36.9 Å². The van der Waals surface area contributed by atoms with Crippen molar-refractivity contribution in [2.75, 3.05) is 12.4 Å². The number of allylic oxidation sites excluding steroid dienone is 1. The first-order chi connectivity index (χ1) is 29.0. The third kappa shape index (κ3) is 8.10. The van der Waals surface area contributed by atoms with Gasteiger partial charge in [-0.1, -0.05) is 55.9 Å². The number of rotatable bonds is 9. The number of fused-ring (bicyclic) bond motifs is 7. The number of anilines is 1. The lowest BCUT2D eigenvalue weighted by atomic mass is 9.37. The number of nitrogens with one attached hydrogen (secondary N) is 2. The molecule has 0 saturated heterocycles. The number of aliphatic carboxylic acids is 1. The Morgan fingerprint density at radius 1 is 0.952 bits per heavy atom. The molecule has 1 aromatic carbocycles. The minimum atomic E-state index is -1.16. The normalized spacial score (nSPS) is 35.2. The Hall–Kier alpha value is -4.28. The van der Waals surface area contributed by atoms with Crippen LogP contribution in [-0.4, -0.2) is 63.3 Å². The summed E-state index contributed by atoms with van der Waals surface area (Å²) >= 11 is 0. The molecule has 63 heavy (non-hydrogen) atoms. The predicted octanol–water partition coefficient (Wildman–Crippen LogP) is 9.80. The number of ether oxygens (including phenoxy) is 1. The molecule has 2 aromatic rings. The number of benzene rings is 1. The summed E-state index contributed by atoms with van der Waals surface area (Å²) in [5.74, 6) is -0.591. The third-order valence-corrected chi connectivity index (χ3v) is 17.6. The number of amides is 1. The number of carboxylic acid groups (broad SMARTS) is 1. The van der Waals surface area contributed by atoms with Gasteiger partial charge in [-0.2, -0.15) is 0 Å². The van der Waals surface area contributed by atoms with Crippen LogP contribution in [0, 0.1) is 75.9 Å². The van der Waals surface area contributed by atoms with Crippen molar-refractivity contribution in [2.24, 2.45) is 69.0 Å². The van der Waals surface area contributed by atoms with Crippen molar-refractivity contribution in [3.63, 3.8) is 0 Å². The Morgan fingerprint density at radius 2 is 1.62 bits per heavy atom. The summed E-state index contributed by atoms with van der Waals surface area (Å²) in [6.07, 6.45) is 12.7. The lowest BCUT2D eigenvalue weighted by Crippen LogP contribution is -2.64. The lowest BCUT2D eigenvalue weighted by Gasteiger charge is -2.68. The number of aldehydes is 1. The molecule has 0 spiro atoms. The van der Waals surface area contributed by atoms with Gasteiger partial charge in [0.05, 0.1) is 34.8 Å². The summed E-state index contributed by atoms with van der Waals surface area (Å²) in [6.45, 7) is 20.9. The number of Topliss-reactive ketones (excluding diaryl/α,β-unsaturated/α-hetero) is 1. The maximum Gasteiger partial charge on any atom is 0.309 e. The second kappa shape index (κ2) is 17.3. The molecule has 11 nitrogen and oxygen atoms in total. The van der Waals surface area contributed by atoms with Crippen molar-refractivity contribution in [2.45, 2.75) is 153 Å². The van der Waals surface area contributed by atoms with Gasteiger partial charge in [0.15, 0.2) is 5.78 Å². The molecule has 0 aliphatic heterocycles. The van der Waals surface area contributed by atoms with Crippen LogP contribution in [0.3, 0.4) is 0 Å². The molecule has 346 valence electrons. The Bertz CT molecular complexity index is 2120.